The summed E-state index contributed by atoms with van der Waals surface area (Å²) in [5.74, 6) is 1.31. The van der Waals surface area contributed by atoms with Gasteiger partial charge in [0.25, 0.3) is 5.91 Å². The van der Waals surface area contributed by atoms with Gasteiger partial charge in [0.2, 0.25) is 0 Å². The van der Waals surface area contributed by atoms with Gasteiger partial charge < -0.3 is 15.2 Å². The zero-order valence-electron chi connectivity index (χ0n) is 15.8. The van der Waals surface area contributed by atoms with Gasteiger partial charge in [-0.1, -0.05) is 6.92 Å². The number of anilines is 2. The summed E-state index contributed by atoms with van der Waals surface area (Å²) in [5.41, 5.74) is 1.44. The molecule has 0 radical (unpaired) electrons. The molecule has 0 saturated heterocycles. The molecule has 1 N–H and O–H groups in total. The van der Waals surface area contributed by atoms with Crippen molar-refractivity contribution >= 4 is 23.6 Å². The molecule has 2 aromatic rings. The van der Waals surface area contributed by atoms with E-state index in [4.69, 9.17) is 10.4 Å². The molecule has 0 aromatic carbocycles. The molecule has 0 aliphatic carbocycles. The van der Waals surface area contributed by atoms with Crippen molar-refractivity contribution in [3.63, 3.8) is 0 Å². The van der Waals surface area contributed by atoms with Gasteiger partial charge in [0.05, 0.1) is 6.20 Å². The second-order valence-corrected chi connectivity index (χ2v) is 6.97. The maximum absolute atomic E-state index is 13.0. The maximum atomic E-state index is 13.0. The van der Waals surface area contributed by atoms with Crippen molar-refractivity contribution < 1.29 is 4.79 Å². The first-order valence-corrected chi connectivity index (χ1v) is 8.74. The van der Waals surface area contributed by atoms with E-state index in [1.807, 2.05) is 13.8 Å². The Labute approximate surface area is 153 Å². The van der Waals surface area contributed by atoms with Crippen LogP contribution in [0.2, 0.25) is 0 Å². The van der Waals surface area contributed by atoms with Crippen LogP contribution in [0.3, 0.4) is 0 Å². The molecule has 0 bridgehead atoms. The molecule has 3 rings (SSSR count). The molecule has 26 heavy (non-hydrogen) atoms. The van der Waals surface area contributed by atoms with Gasteiger partial charge in [0.1, 0.15) is 11.2 Å². The molecule has 1 atom stereocenters. The maximum Gasteiger partial charge on any atom is 0.252 e. The Kier molecular flexibility index (Phi) is 4.48. The third kappa shape index (κ3) is 2.55. The molecular formula is C19H24N6O. The number of rotatable bonds is 4. The number of pyridine rings is 1. The zero-order valence-corrected chi connectivity index (χ0v) is 15.8. The summed E-state index contributed by atoms with van der Waals surface area (Å²) >= 11 is 0. The first kappa shape index (κ1) is 18.0. The first-order valence-electron chi connectivity index (χ1n) is 8.74. The Hall–Kier alpha value is -2.83. The molecule has 3 heterocycles. The number of nitrogens with one attached hydrogen (secondary N) is 1. The minimum atomic E-state index is -0.663. The molecule has 0 fully saturated rings. The molecule has 1 amide bonds. The van der Waals surface area contributed by atoms with E-state index in [1.165, 1.54) is 6.21 Å². The van der Waals surface area contributed by atoms with E-state index in [0.717, 1.165) is 11.4 Å². The Morgan fingerprint density at radius 2 is 2.08 bits per heavy atom. The SMILES string of the molecule is CC[C@]1(C)C(=O)N(C)c2cnc(-c3ccncc3C=N)nc2N1C(C)C. The predicted octanol–water partition coefficient (Wildman–Crippen LogP) is 2.90. The van der Waals surface area contributed by atoms with Gasteiger partial charge in [0.15, 0.2) is 11.6 Å². The van der Waals surface area contributed by atoms with E-state index in [2.05, 4.69) is 28.7 Å². The van der Waals surface area contributed by atoms with Crippen molar-refractivity contribution in [2.45, 2.75) is 45.7 Å². The number of carbonyl (C=O) groups excluding carboxylic acids is 1. The monoisotopic (exact) mass is 352 g/mol. The van der Waals surface area contributed by atoms with Crippen LogP contribution in [0, 0.1) is 5.41 Å². The number of hydrogen-bond donors (Lipinski definition) is 1. The number of aromatic nitrogens is 3. The third-order valence-electron chi connectivity index (χ3n) is 5.09. The lowest BCUT2D eigenvalue weighted by Crippen LogP contribution is -2.63. The van der Waals surface area contributed by atoms with Crippen LogP contribution in [-0.4, -0.2) is 45.7 Å². The van der Waals surface area contributed by atoms with Crippen LogP contribution >= 0.6 is 0 Å². The Morgan fingerprint density at radius 3 is 2.69 bits per heavy atom. The predicted molar refractivity (Wildman–Crippen MR) is 103 cm³/mol. The molecule has 2 aromatic heterocycles. The van der Waals surface area contributed by atoms with E-state index in [9.17, 15) is 4.79 Å². The van der Waals surface area contributed by atoms with Crippen molar-refractivity contribution in [2.24, 2.45) is 0 Å². The summed E-state index contributed by atoms with van der Waals surface area (Å²) in [4.78, 5) is 30.1. The van der Waals surface area contributed by atoms with Gasteiger partial charge in [-0.3, -0.25) is 9.78 Å². The van der Waals surface area contributed by atoms with Crippen molar-refractivity contribution in [2.75, 3.05) is 16.8 Å². The topological polar surface area (TPSA) is 86.1 Å². The lowest BCUT2D eigenvalue weighted by Gasteiger charge is -2.49. The smallest absolute Gasteiger partial charge is 0.252 e. The average Bonchev–Trinajstić information content (AvgIpc) is 2.65. The second-order valence-electron chi connectivity index (χ2n) is 6.97. The van der Waals surface area contributed by atoms with Crippen LogP contribution in [0.25, 0.3) is 11.4 Å². The van der Waals surface area contributed by atoms with Gasteiger partial charge in [0, 0.05) is 42.8 Å². The van der Waals surface area contributed by atoms with Gasteiger partial charge in [-0.2, -0.15) is 0 Å². The second kappa shape index (κ2) is 6.48. The minimum absolute atomic E-state index is 0.0432. The van der Waals surface area contributed by atoms with Crippen LogP contribution in [0.15, 0.2) is 24.7 Å². The van der Waals surface area contributed by atoms with Gasteiger partial charge >= 0.3 is 0 Å². The quantitative estimate of drug-likeness (QED) is 0.855. The molecular weight excluding hydrogens is 328 g/mol. The summed E-state index contributed by atoms with van der Waals surface area (Å²) in [6, 6.07) is 1.90. The van der Waals surface area contributed by atoms with Gasteiger partial charge in [-0.05, 0) is 33.3 Å². The minimum Gasteiger partial charge on any atom is -0.338 e. The van der Waals surface area contributed by atoms with E-state index < -0.39 is 5.54 Å². The molecule has 0 unspecified atom stereocenters. The van der Waals surface area contributed by atoms with E-state index >= 15 is 0 Å². The van der Waals surface area contributed by atoms with Crippen molar-refractivity contribution in [3.05, 3.63) is 30.2 Å². The number of amides is 1. The van der Waals surface area contributed by atoms with Crippen LogP contribution < -0.4 is 9.80 Å². The highest BCUT2D eigenvalue weighted by molar-refractivity contribution is 6.07. The largest absolute Gasteiger partial charge is 0.338 e. The molecule has 1 aliphatic heterocycles. The Bertz CT molecular complexity index is 865. The highest BCUT2D eigenvalue weighted by Gasteiger charge is 2.47. The van der Waals surface area contributed by atoms with Gasteiger partial charge in [-0.15, -0.1) is 0 Å². The number of likely N-dealkylation sites (N-methyl/N-ethyl adjacent to an activating group) is 1. The standard InChI is InChI=1S/C19H24N6O/c1-6-19(4)18(26)24(5)15-11-22-16(23-17(15)25(19)12(2)3)14-7-8-21-10-13(14)9-20/h7-12,20H,6H2,1-5H3/t19-/m1/s1. The summed E-state index contributed by atoms with van der Waals surface area (Å²) in [5, 5.41) is 7.60. The Balaban J connectivity index is 2.24. The summed E-state index contributed by atoms with van der Waals surface area (Å²) < 4.78 is 0. The van der Waals surface area contributed by atoms with Crippen molar-refractivity contribution in [1.82, 2.24) is 15.0 Å². The van der Waals surface area contributed by atoms with E-state index in [1.54, 1.807) is 36.6 Å². The molecule has 136 valence electrons. The van der Waals surface area contributed by atoms with E-state index in [-0.39, 0.29) is 11.9 Å². The molecule has 7 heteroatoms. The normalized spacial score (nSPS) is 19.7. The van der Waals surface area contributed by atoms with Crippen LogP contribution in [0.5, 0.6) is 0 Å². The third-order valence-corrected chi connectivity index (χ3v) is 5.09. The van der Waals surface area contributed by atoms with Crippen LogP contribution in [-0.2, 0) is 4.79 Å². The van der Waals surface area contributed by atoms with E-state index in [0.29, 0.717) is 23.5 Å². The Morgan fingerprint density at radius 1 is 1.35 bits per heavy atom. The number of nitrogens with zero attached hydrogens (tertiary/aromatic N) is 5. The number of carbonyl (C=O) groups is 1. The van der Waals surface area contributed by atoms with Crippen LogP contribution in [0.1, 0.15) is 39.7 Å². The van der Waals surface area contributed by atoms with Crippen molar-refractivity contribution in [3.8, 4) is 11.4 Å². The van der Waals surface area contributed by atoms with Gasteiger partial charge in [-0.25, -0.2) is 9.97 Å². The summed E-state index contributed by atoms with van der Waals surface area (Å²) in [6.07, 6.45) is 6.90. The highest BCUT2D eigenvalue weighted by atomic mass is 16.2. The zero-order chi connectivity index (χ0) is 19.1. The van der Waals surface area contributed by atoms with Crippen molar-refractivity contribution in [1.29, 1.82) is 5.41 Å². The fraction of sp³-hybridized carbons (Fsp3) is 0.421. The molecule has 7 nitrogen and oxygen atoms in total. The summed E-state index contributed by atoms with van der Waals surface area (Å²) in [7, 11) is 1.77. The summed E-state index contributed by atoms with van der Waals surface area (Å²) in [6.45, 7) is 8.11. The molecule has 0 spiro atoms. The lowest BCUT2D eigenvalue weighted by atomic mass is 9.90. The lowest BCUT2D eigenvalue weighted by molar-refractivity contribution is -0.123. The molecule has 1 aliphatic rings. The fourth-order valence-corrected chi connectivity index (χ4v) is 3.58. The number of fused-ring (bicyclic) bond motifs is 1. The fourth-order valence-electron chi connectivity index (χ4n) is 3.58. The van der Waals surface area contributed by atoms with Crippen LogP contribution in [0.4, 0.5) is 11.5 Å². The highest BCUT2D eigenvalue weighted by Crippen LogP contribution is 2.41. The first-order chi connectivity index (χ1) is 12.3. The average molecular weight is 352 g/mol. The number of hydrogen-bond acceptors (Lipinski definition) is 6. The molecule has 0 saturated carbocycles.